The van der Waals surface area contributed by atoms with Crippen LogP contribution in [-0.2, 0) is 20.1 Å². The van der Waals surface area contributed by atoms with Gasteiger partial charge in [-0.25, -0.2) is 0 Å². The van der Waals surface area contributed by atoms with Crippen molar-refractivity contribution in [2.75, 3.05) is 0 Å². The predicted octanol–water partition coefficient (Wildman–Crippen LogP) is 10.7. The van der Waals surface area contributed by atoms with Gasteiger partial charge in [-0.05, 0) is 96.2 Å². The quantitative estimate of drug-likeness (QED) is 0.0650. The molecule has 0 unspecified atom stereocenters. The molecule has 1 aromatic heterocycles. The van der Waals surface area contributed by atoms with Crippen LogP contribution in [0.5, 0.6) is 0 Å². The summed E-state index contributed by atoms with van der Waals surface area (Å²) in [6.45, 7) is 19.6. The summed E-state index contributed by atoms with van der Waals surface area (Å²) < 4.78 is 0. The number of aliphatic hydroxyl groups is 1. The van der Waals surface area contributed by atoms with Gasteiger partial charge in [-0.2, -0.15) is 5.26 Å². The van der Waals surface area contributed by atoms with E-state index in [1.54, 1.807) is 0 Å². The third-order valence-corrected chi connectivity index (χ3v) is 7.95. The van der Waals surface area contributed by atoms with Gasteiger partial charge in [-0.15, -0.1) is 34.9 Å². The molecule has 0 fully saturated rings. The molecular formula is C41H44IrN2O2. The smallest absolute Gasteiger partial charge is 0.325 e. The van der Waals surface area contributed by atoms with Crippen LogP contribution in [0.1, 0.15) is 69.4 Å². The molecule has 4 aromatic carbocycles. The second-order valence-corrected chi connectivity index (χ2v) is 14.0. The number of rotatable bonds is 3. The van der Waals surface area contributed by atoms with Gasteiger partial charge in [0.25, 0.3) is 0 Å². The molecule has 5 heteroatoms. The van der Waals surface area contributed by atoms with Gasteiger partial charge in [0.2, 0.25) is 0 Å². The van der Waals surface area contributed by atoms with Crippen LogP contribution < -0.4 is 0 Å². The van der Waals surface area contributed by atoms with Crippen molar-refractivity contribution in [3.05, 3.63) is 113 Å². The van der Waals surface area contributed by atoms with Crippen LogP contribution in [-0.4, -0.2) is 20.7 Å². The molecule has 4 nitrogen and oxygen atoms in total. The molecule has 0 aliphatic heterocycles. The zero-order valence-corrected chi connectivity index (χ0v) is 30.9. The minimum atomic E-state index is -0.306. The maximum atomic E-state index is 9.60. The number of aliphatic hydroxyl groups excluding tert-OH is 1. The Morgan fingerprint density at radius 2 is 1.43 bits per heavy atom. The molecule has 0 saturated carbocycles. The first-order chi connectivity index (χ1) is 21.0. The number of aromatic nitrogens is 1. The van der Waals surface area contributed by atoms with Gasteiger partial charge in [0, 0.05) is 31.7 Å². The van der Waals surface area contributed by atoms with Gasteiger partial charge in [-0.1, -0.05) is 71.0 Å². The number of hydrogen-bond acceptors (Lipinski definition) is 3. The number of allylic oxidation sites excluding steroid dienone is 2. The normalized spacial score (nSPS) is 11.8. The molecule has 5 rings (SSSR count). The van der Waals surface area contributed by atoms with Crippen LogP contribution in [0, 0.1) is 55.9 Å². The second-order valence-electron chi connectivity index (χ2n) is 14.0. The van der Waals surface area contributed by atoms with E-state index in [9.17, 15) is 15.2 Å². The number of nitriles is 1. The molecule has 5 aromatic rings. The van der Waals surface area contributed by atoms with Crippen LogP contribution in [0.3, 0.4) is 0 Å². The summed E-state index contributed by atoms with van der Waals surface area (Å²) in [7, 11) is 0. The van der Waals surface area contributed by atoms with E-state index in [4.69, 9.17) is 4.98 Å². The molecule has 0 atom stereocenters. The van der Waals surface area contributed by atoms with Crippen LogP contribution in [0.25, 0.3) is 43.9 Å². The Bertz CT molecular complexity index is 1960. The van der Waals surface area contributed by atoms with Crippen molar-refractivity contribution in [3.63, 3.8) is 0 Å². The van der Waals surface area contributed by atoms with Gasteiger partial charge in [-0.3, -0.25) is 4.79 Å². The van der Waals surface area contributed by atoms with Crippen molar-refractivity contribution in [1.82, 2.24) is 4.98 Å². The number of carbonyl (C=O) groups excluding carboxylic acids is 1. The fraction of sp³-hybridized carbons (Fsp3) is 0.293. The van der Waals surface area contributed by atoms with Crippen LogP contribution in [0.15, 0.2) is 78.7 Å². The first kappa shape index (κ1) is 36.4. The number of hydrogen-bond donors (Lipinski definition) is 1. The van der Waals surface area contributed by atoms with Crippen LogP contribution in [0.2, 0.25) is 0 Å². The first-order valence-electron chi connectivity index (χ1n) is 15.3. The average molecular weight is 789 g/mol. The van der Waals surface area contributed by atoms with Gasteiger partial charge in [0.1, 0.15) is 5.76 Å². The summed E-state index contributed by atoms with van der Waals surface area (Å²) in [6, 6.07) is 27.3. The number of pyridine rings is 1. The van der Waals surface area contributed by atoms with Crippen molar-refractivity contribution in [2.45, 2.75) is 69.2 Å². The van der Waals surface area contributed by atoms with E-state index in [0.29, 0.717) is 0 Å². The van der Waals surface area contributed by atoms with Crippen molar-refractivity contribution in [1.29, 1.82) is 5.26 Å². The zero-order chi connectivity index (χ0) is 33.3. The largest absolute Gasteiger partial charge is 0.511 e. The third kappa shape index (κ3) is 8.18. The molecule has 239 valence electrons. The number of nitrogens with zero attached hydrogens (tertiary/aromatic N) is 2. The summed E-state index contributed by atoms with van der Waals surface area (Å²) >= 11 is 0. The molecule has 0 saturated heterocycles. The van der Waals surface area contributed by atoms with E-state index >= 15 is 0 Å². The number of aryl methyl sites for hydroxylation is 4. The van der Waals surface area contributed by atoms with Gasteiger partial charge < -0.3 is 10.1 Å². The zero-order valence-electron chi connectivity index (χ0n) is 28.6. The maximum Gasteiger partial charge on any atom is 0.325 e. The summed E-state index contributed by atoms with van der Waals surface area (Å²) in [6.07, 6.45) is 3.34. The Labute approximate surface area is 287 Å². The molecular weight excluding hydrogens is 745 g/mol. The van der Waals surface area contributed by atoms with E-state index in [-0.39, 0.29) is 42.5 Å². The molecule has 0 spiro atoms. The van der Waals surface area contributed by atoms with E-state index in [2.05, 4.69) is 86.6 Å². The van der Waals surface area contributed by atoms with Crippen LogP contribution >= 0.6 is 0 Å². The van der Waals surface area contributed by atoms with E-state index in [1.165, 1.54) is 27.8 Å². The molecule has 1 heterocycles. The minimum absolute atomic E-state index is 0. The van der Waals surface area contributed by atoms with Crippen molar-refractivity contribution in [2.24, 2.45) is 10.8 Å². The summed E-state index contributed by atoms with van der Waals surface area (Å²) in [4.78, 5) is 14.3. The van der Waals surface area contributed by atoms with Crippen LogP contribution in [0.4, 0.5) is 0 Å². The van der Waals surface area contributed by atoms with Crippen molar-refractivity contribution < 1.29 is 30.0 Å². The fourth-order valence-electron chi connectivity index (χ4n) is 5.28. The van der Waals surface area contributed by atoms with Gasteiger partial charge in [0.05, 0.1) is 23.1 Å². The number of benzene rings is 4. The third-order valence-electron chi connectivity index (χ3n) is 7.95. The topological polar surface area (TPSA) is 78.3 Å². The average Bonchev–Trinajstić information content (AvgIpc) is 2.95. The molecule has 2 N–H and O–H groups in total. The molecule has 0 amide bonds. The summed E-state index contributed by atoms with van der Waals surface area (Å²) in [5.41, 5.74) is 8.83. The van der Waals surface area contributed by atoms with E-state index in [0.717, 1.165) is 50.0 Å². The standard InChI is InChI=1S/C30H23N2.C11H20O2.Ir/c1-18-11-19(2)13-25(12-18)30-28-8-6-23-16-22(5-7-26(23)27(28)9-10-32-30)24-14-20(3)29(17-31)21(4)15-24;1-10(2,3)8(12)7-9(13)11(4,5)6;/h5-12,14-16H,1-4H3;7,12H,1-6H3;/q-1;;/p+1/b;8-7-;. The summed E-state index contributed by atoms with van der Waals surface area (Å²) in [5, 5.41) is 23.7. The van der Waals surface area contributed by atoms with Crippen molar-refractivity contribution >= 4 is 27.3 Å². The Balaban J connectivity index is 0.000000352. The SMILES string of the molecule is CC(C)(C)C(=[OH+])/C=C(\O)C(C)(C)C.Cc1[c-]c(-c2nccc3c2ccc2cc(-c4cc(C)c(C#N)c(C)c4)ccc23)cc(C)c1.[Ir]. The Hall–Kier alpha value is -4.10. The summed E-state index contributed by atoms with van der Waals surface area (Å²) in [5.74, 6) is 0.417. The number of fused-ring (bicyclic) bond motifs is 3. The van der Waals surface area contributed by atoms with E-state index in [1.807, 2.05) is 61.6 Å². The predicted molar refractivity (Wildman–Crippen MR) is 189 cm³/mol. The molecule has 0 bridgehead atoms. The molecule has 0 aliphatic carbocycles. The number of ketones is 1. The molecule has 0 aliphatic rings. The Morgan fingerprint density at radius 1 is 0.804 bits per heavy atom. The Kier molecular flexibility index (Phi) is 11.2. The van der Waals surface area contributed by atoms with Gasteiger partial charge in [0.15, 0.2) is 0 Å². The second kappa shape index (κ2) is 14.1. The maximum absolute atomic E-state index is 9.60. The Morgan fingerprint density at radius 3 is 2.00 bits per heavy atom. The molecule has 46 heavy (non-hydrogen) atoms. The first-order valence-corrected chi connectivity index (χ1v) is 15.3. The van der Waals surface area contributed by atoms with E-state index < -0.39 is 0 Å². The monoisotopic (exact) mass is 789 g/mol. The van der Waals surface area contributed by atoms with Crippen molar-refractivity contribution in [3.8, 4) is 28.5 Å². The van der Waals surface area contributed by atoms with Gasteiger partial charge >= 0.3 is 5.78 Å². The minimum Gasteiger partial charge on any atom is -0.511 e. The molecule has 1 radical (unpaired) electrons. The fourth-order valence-corrected chi connectivity index (χ4v) is 5.28.